The first-order chi connectivity index (χ1) is 16.0. The number of amides is 2. The Hall–Kier alpha value is -4.33. The van der Waals surface area contributed by atoms with E-state index >= 15 is 0 Å². The summed E-state index contributed by atoms with van der Waals surface area (Å²) in [6.07, 6.45) is -0.864. The molecule has 1 aliphatic rings. The van der Waals surface area contributed by atoms with E-state index in [4.69, 9.17) is 14.2 Å². The van der Waals surface area contributed by atoms with Gasteiger partial charge in [0.25, 0.3) is 11.8 Å². The van der Waals surface area contributed by atoms with E-state index in [2.05, 4.69) is 5.32 Å². The van der Waals surface area contributed by atoms with E-state index in [0.29, 0.717) is 22.9 Å². The fraction of sp³-hybridized carbons (Fsp3) is 0.160. The van der Waals surface area contributed by atoms with Crippen LogP contribution in [0.1, 0.15) is 10.4 Å². The molecule has 0 fully saturated rings. The number of nitrogens with one attached hydrogen (secondary N) is 1. The number of benzene rings is 3. The number of ether oxygens (including phenoxy) is 3. The highest BCUT2D eigenvalue weighted by Gasteiger charge is 2.33. The highest BCUT2D eigenvalue weighted by Crippen LogP contribution is 2.33. The number of carbonyl (C=O) groups is 3. The summed E-state index contributed by atoms with van der Waals surface area (Å²) in [5.41, 5.74) is 0.763. The second kappa shape index (κ2) is 9.86. The van der Waals surface area contributed by atoms with Crippen molar-refractivity contribution in [1.82, 2.24) is 5.32 Å². The molecule has 4 rings (SSSR count). The van der Waals surface area contributed by atoms with Crippen molar-refractivity contribution in [3.63, 3.8) is 0 Å². The molecule has 2 amide bonds. The van der Waals surface area contributed by atoms with E-state index in [9.17, 15) is 14.4 Å². The van der Waals surface area contributed by atoms with Crippen LogP contribution < -0.4 is 19.7 Å². The predicted molar refractivity (Wildman–Crippen MR) is 121 cm³/mol. The van der Waals surface area contributed by atoms with Gasteiger partial charge in [0, 0.05) is 7.05 Å². The maximum atomic E-state index is 12.9. The van der Waals surface area contributed by atoms with Gasteiger partial charge in [0.05, 0.1) is 17.8 Å². The maximum absolute atomic E-state index is 12.9. The molecule has 8 heteroatoms. The molecule has 8 nitrogen and oxygen atoms in total. The third-order valence-corrected chi connectivity index (χ3v) is 4.99. The van der Waals surface area contributed by atoms with E-state index in [0.717, 1.165) is 0 Å². The largest absolute Gasteiger partial charge is 0.477 e. The average molecular weight is 446 g/mol. The van der Waals surface area contributed by atoms with Crippen LogP contribution in [0, 0.1) is 0 Å². The summed E-state index contributed by atoms with van der Waals surface area (Å²) in [6, 6.07) is 22.6. The van der Waals surface area contributed by atoms with E-state index in [-0.39, 0.29) is 18.0 Å². The van der Waals surface area contributed by atoms with Crippen LogP contribution in [0.15, 0.2) is 78.9 Å². The van der Waals surface area contributed by atoms with Gasteiger partial charge < -0.3 is 24.4 Å². The van der Waals surface area contributed by atoms with Gasteiger partial charge in [-0.2, -0.15) is 0 Å². The summed E-state index contributed by atoms with van der Waals surface area (Å²) in [5.74, 6) is 0.0284. The monoisotopic (exact) mass is 446 g/mol. The van der Waals surface area contributed by atoms with E-state index in [1.807, 2.05) is 18.2 Å². The summed E-state index contributed by atoms with van der Waals surface area (Å²) in [5, 5.41) is 2.52. The minimum Gasteiger partial charge on any atom is -0.477 e. The highest BCUT2D eigenvalue weighted by atomic mass is 16.5. The Bertz CT molecular complexity index is 1160. The lowest BCUT2D eigenvalue weighted by Gasteiger charge is -2.33. The number of para-hydroxylation sites is 3. The van der Waals surface area contributed by atoms with Gasteiger partial charge in [-0.3, -0.25) is 9.59 Å². The molecule has 168 valence electrons. The van der Waals surface area contributed by atoms with Crippen molar-refractivity contribution < 1.29 is 28.6 Å². The number of hydrogen-bond acceptors (Lipinski definition) is 6. The van der Waals surface area contributed by atoms with Gasteiger partial charge in [0.2, 0.25) is 0 Å². The number of esters is 1. The SMILES string of the molecule is CNC(=O)C1CN(C(=O)COC(=O)c2cccc(Oc3ccccc3)c2)c2ccccc2O1. The summed E-state index contributed by atoms with van der Waals surface area (Å²) < 4.78 is 16.7. The Kier molecular flexibility index (Phi) is 6.54. The molecule has 1 heterocycles. The summed E-state index contributed by atoms with van der Waals surface area (Å²) in [6.45, 7) is -0.481. The second-order valence-corrected chi connectivity index (χ2v) is 7.21. The molecule has 1 atom stereocenters. The zero-order valence-corrected chi connectivity index (χ0v) is 17.9. The summed E-state index contributed by atoms with van der Waals surface area (Å²) >= 11 is 0. The van der Waals surface area contributed by atoms with E-state index in [1.54, 1.807) is 60.7 Å². The Morgan fingerprint density at radius 3 is 2.48 bits per heavy atom. The standard InChI is InChI=1S/C25H22N2O6/c1-26-24(29)22-15-27(20-12-5-6-13-21(20)33-22)23(28)16-31-25(30)17-8-7-11-19(14-17)32-18-9-3-2-4-10-18/h2-14,22H,15-16H2,1H3,(H,26,29). The van der Waals surface area contributed by atoms with Crippen molar-refractivity contribution in [2.45, 2.75) is 6.10 Å². The molecule has 3 aromatic rings. The van der Waals surface area contributed by atoms with Crippen molar-refractivity contribution in [1.29, 1.82) is 0 Å². The molecular weight excluding hydrogens is 424 g/mol. The molecule has 0 bridgehead atoms. The number of nitrogens with zero attached hydrogens (tertiary/aromatic N) is 1. The van der Waals surface area contributed by atoms with Crippen LogP contribution in [0.4, 0.5) is 5.69 Å². The molecule has 0 saturated carbocycles. The highest BCUT2D eigenvalue weighted by molar-refractivity contribution is 5.99. The molecule has 0 saturated heterocycles. The molecule has 0 aromatic heterocycles. The average Bonchev–Trinajstić information content (AvgIpc) is 2.86. The van der Waals surface area contributed by atoms with Gasteiger partial charge in [0.15, 0.2) is 12.7 Å². The molecule has 1 unspecified atom stereocenters. The van der Waals surface area contributed by atoms with Crippen molar-refractivity contribution in [2.24, 2.45) is 0 Å². The first-order valence-electron chi connectivity index (χ1n) is 10.3. The van der Waals surface area contributed by atoms with Gasteiger partial charge in [-0.25, -0.2) is 4.79 Å². The first-order valence-corrected chi connectivity index (χ1v) is 10.3. The number of carbonyl (C=O) groups excluding carboxylic acids is 3. The molecule has 1 aliphatic heterocycles. The molecule has 1 N–H and O–H groups in total. The van der Waals surface area contributed by atoms with Gasteiger partial charge >= 0.3 is 5.97 Å². The van der Waals surface area contributed by atoms with Crippen LogP contribution in [0.2, 0.25) is 0 Å². The van der Waals surface area contributed by atoms with Crippen molar-refractivity contribution >= 4 is 23.5 Å². The third-order valence-electron chi connectivity index (χ3n) is 4.99. The number of rotatable bonds is 6. The van der Waals surface area contributed by atoms with Crippen molar-refractivity contribution in [2.75, 3.05) is 25.1 Å². The predicted octanol–water partition coefficient (Wildman–Crippen LogP) is 3.18. The summed E-state index contributed by atoms with van der Waals surface area (Å²) in [7, 11) is 1.50. The smallest absolute Gasteiger partial charge is 0.338 e. The minimum atomic E-state index is -0.864. The van der Waals surface area contributed by atoms with Gasteiger partial charge in [-0.15, -0.1) is 0 Å². The lowest BCUT2D eigenvalue weighted by Crippen LogP contribution is -2.51. The fourth-order valence-corrected chi connectivity index (χ4v) is 3.37. The van der Waals surface area contributed by atoms with E-state index < -0.39 is 24.6 Å². The number of likely N-dealkylation sites (N-methyl/N-ethyl adjacent to an activating group) is 1. The van der Waals surface area contributed by atoms with Crippen LogP contribution >= 0.6 is 0 Å². The number of anilines is 1. The Labute approximate surface area is 190 Å². The van der Waals surface area contributed by atoms with Gasteiger partial charge in [-0.05, 0) is 42.5 Å². The Balaban J connectivity index is 1.42. The molecular formula is C25H22N2O6. The van der Waals surface area contributed by atoms with Crippen LogP contribution in [-0.2, 0) is 14.3 Å². The third kappa shape index (κ3) is 5.12. The zero-order valence-electron chi connectivity index (χ0n) is 17.9. The number of hydrogen-bond donors (Lipinski definition) is 1. The molecule has 0 spiro atoms. The maximum Gasteiger partial charge on any atom is 0.338 e. The normalized spacial score (nSPS) is 14.5. The molecule has 0 aliphatic carbocycles. The zero-order chi connectivity index (χ0) is 23.2. The lowest BCUT2D eigenvalue weighted by atomic mass is 10.1. The minimum absolute atomic E-state index is 0.00741. The quantitative estimate of drug-likeness (QED) is 0.585. The molecule has 0 radical (unpaired) electrons. The van der Waals surface area contributed by atoms with Crippen LogP contribution in [0.5, 0.6) is 17.2 Å². The number of fused-ring (bicyclic) bond motifs is 1. The van der Waals surface area contributed by atoms with E-state index in [1.165, 1.54) is 11.9 Å². The van der Waals surface area contributed by atoms with Crippen LogP contribution in [0.3, 0.4) is 0 Å². The first kappa shape index (κ1) is 21.9. The Morgan fingerprint density at radius 1 is 0.970 bits per heavy atom. The summed E-state index contributed by atoms with van der Waals surface area (Å²) in [4.78, 5) is 38.9. The Morgan fingerprint density at radius 2 is 1.70 bits per heavy atom. The second-order valence-electron chi connectivity index (χ2n) is 7.21. The van der Waals surface area contributed by atoms with Crippen LogP contribution in [0.25, 0.3) is 0 Å². The van der Waals surface area contributed by atoms with Crippen LogP contribution in [-0.4, -0.2) is 44.1 Å². The lowest BCUT2D eigenvalue weighted by molar-refractivity contribution is -0.128. The molecule has 3 aromatic carbocycles. The fourth-order valence-electron chi connectivity index (χ4n) is 3.37. The molecule has 33 heavy (non-hydrogen) atoms. The van der Waals surface area contributed by atoms with Gasteiger partial charge in [0.1, 0.15) is 17.2 Å². The van der Waals surface area contributed by atoms with Gasteiger partial charge in [-0.1, -0.05) is 36.4 Å². The van der Waals surface area contributed by atoms with Crippen molar-refractivity contribution in [3.05, 3.63) is 84.4 Å². The van der Waals surface area contributed by atoms with Crippen molar-refractivity contribution in [3.8, 4) is 17.2 Å². The topological polar surface area (TPSA) is 94.2 Å².